The van der Waals surface area contributed by atoms with Crippen molar-refractivity contribution in [3.63, 3.8) is 0 Å². The molecule has 0 saturated carbocycles. The fourth-order valence-corrected chi connectivity index (χ4v) is 3.52. The Morgan fingerprint density at radius 1 is 1.20 bits per heavy atom. The normalized spacial score (nSPS) is 22.5. The smallest absolute Gasteiger partial charge is 0.251 e. The number of halogens is 1. The molecule has 7 heteroatoms. The van der Waals surface area contributed by atoms with Crippen LogP contribution in [0.3, 0.4) is 0 Å². The van der Waals surface area contributed by atoms with E-state index in [1.54, 1.807) is 0 Å². The number of carbonyl (C=O) groups excluding carboxylic acids is 3. The summed E-state index contributed by atoms with van der Waals surface area (Å²) >= 11 is 0. The molecule has 2 heterocycles. The number of benzene rings is 1. The average molecular weight is 347 g/mol. The van der Waals surface area contributed by atoms with Gasteiger partial charge in [-0.15, -0.1) is 0 Å². The first-order valence-corrected chi connectivity index (χ1v) is 8.56. The Morgan fingerprint density at radius 2 is 1.84 bits per heavy atom. The summed E-state index contributed by atoms with van der Waals surface area (Å²) in [5, 5.41) is 2.83. The van der Waals surface area contributed by atoms with E-state index in [9.17, 15) is 18.8 Å². The molecule has 2 fully saturated rings. The summed E-state index contributed by atoms with van der Waals surface area (Å²) in [6.07, 6.45) is 1.93. The van der Waals surface area contributed by atoms with Crippen molar-refractivity contribution in [1.29, 1.82) is 0 Å². The molecule has 0 bridgehead atoms. The zero-order valence-corrected chi connectivity index (χ0v) is 14.2. The van der Waals surface area contributed by atoms with Gasteiger partial charge in [0.2, 0.25) is 11.8 Å². The molecule has 1 N–H and O–H groups in total. The van der Waals surface area contributed by atoms with E-state index >= 15 is 0 Å². The van der Waals surface area contributed by atoms with Gasteiger partial charge >= 0.3 is 0 Å². The number of imide groups is 1. The number of hydrogen-bond acceptors (Lipinski definition) is 4. The predicted molar refractivity (Wildman–Crippen MR) is 90.3 cm³/mol. The lowest BCUT2D eigenvalue weighted by Crippen LogP contribution is -2.47. The lowest BCUT2D eigenvalue weighted by Gasteiger charge is -2.34. The second-order valence-corrected chi connectivity index (χ2v) is 6.68. The molecular formula is C18H22FN3O3. The molecule has 1 atom stereocenters. The van der Waals surface area contributed by atoms with E-state index in [1.165, 1.54) is 31.2 Å². The first-order chi connectivity index (χ1) is 12.0. The summed E-state index contributed by atoms with van der Waals surface area (Å²) in [5.41, 5.74) is 0.416. The standard InChI is InChI=1S/C18H22FN3O3/c1-12(23)20-11-13-6-8-21(9-7-13)16-10-17(24)22(18(16)25)15-4-2-14(19)3-5-15/h2-5,13,16H,6-11H2,1H3,(H,20,23). The summed E-state index contributed by atoms with van der Waals surface area (Å²) in [5.74, 6) is -0.519. The van der Waals surface area contributed by atoms with Crippen LogP contribution in [0.25, 0.3) is 0 Å². The maximum absolute atomic E-state index is 13.1. The number of hydrogen-bond donors (Lipinski definition) is 1. The molecule has 134 valence electrons. The van der Waals surface area contributed by atoms with Gasteiger partial charge in [-0.25, -0.2) is 9.29 Å². The Hall–Kier alpha value is -2.28. The minimum atomic E-state index is -0.445. The Bertz CT molecular complexity index is 669. The topological polar surface area (TPSA) is 69.7 Å². The molecule has 0 spiro atoms. The molecule has 2 aliphatic heterocycles. The van der Waals surface area contributed by atoms with Crippen LogP contribution < -0.4 is 10.2 Å². The van der Waals surface area contributed by atoms with E-state index < -0.39 is 11.9 Å². The Balaban J connectivity index is 1.61. The van der Waals surface area contributed by atoms with Gasteiger partial charge in [-0.05, 0) is 56.1 Å². The van der Waals surface area contributed by atoms with Crippen molar-refractivity contribution in [3.05, 3.63) is 30.1 Å². The van der Waals surface area contributed by atoms with Crippen LogP contribution in [-0.4, -0.2) is 48.3 Å². The van der Waals surface area contributed by atoms with Crippen molar-refractivity contribution in [2.45, 2.75) is 32.2 Å². The quantitative estimate of drug-likeness (QED) is 0.834. The van der Waals surface area contributed by atoms with Gasteiger partial charge < -0.3 is 5.32 Å². The molecule has 3 rings (SSSR count). The molecule has 6 nitrogen and oxygen atoms in total. The number of piperidine rings is 1. The molecule has 25 heavy (non-hydrogen) atoms. The van der Waals surface area contributed by atoms with Gasteiger partial charge in [0.15, 0.2) is 0 Å². The van der Waals surface area contributed by atoms with E-state index in [4.69, 9.17) is 0 Å². The molecule has 1 aromatic carbocycles. The molecule has 1 aromatic rings. The van der Waals surface area contributed by atoms with E-state index in [1.807, 2.05) is 4.90 Å². The average Bonchev–Trinajstić information content (AvgIpc) is 2.89. The van der Waals surface area contributed by atoms with E-state index in [0.29, 0.717) is 18.2 Å². The zero-order valence-electron chi connectivity index (χ0n) is 14.2. The van der Waals surface area contributed by atoms with Crippen LogP contribution in [-0.2, 0) is 14.4 Å². The van der Waals surface area contributed by atoms with Crippen molar-refractivity contribution >= 4 is 23.4 Å². The number of rotatable bonds is 4. The summed E-state index contributed by atoms with van der Waals surface area (Å²) in [6.45, 7) is 3.61. The Morgan fingerprint density at radius 3 is 2.44 bits per heavy atom. The van der Waals surface area contributed by atoms with Crippen LogP contribution in [0.15, 0.2) is 24.3 Å². The highest BCUT2D eigenvalue weighted by Crippen LogP contribution is 2.28. The number of likely N-dealkylation sites (tertiary alicyclic amines) is 1. The first-order valence-electron chi connectivity index (χ1n) is 8.56. The number of anilines is 1. The van der Waals surface area contributed by atoms with Gasteiger partial charge in [0, 0.05) is 13.5 Å². The minimum Gasteiger partial charge on any atom is -0.356 e. The highest BCUT2D eigenvalue weighted by Gasteiger charge is 2.43. The molecule has 0 aliphatic carbocycles. The van der Waals surface area contributed by atoms with Gasteiger partial charge in [-0.2, -0.15) is 0 Å². The highest BCUT2D eigenvalue weighted by molar-refractivity contribution is 6.22. The van der Waals surface area contributed by atoms with Crippen molar-refractivity contribution in [1.82, 2.24) is 10.2 Å². The molecular weight excluding hydrogens is 325 g/mol. The molecule has 2 saturated heterocycles. The number of nitrogens with one attached hydrogen (secondary N) is 1. The molecule has 0 aromatic heterocycles. The van der Waals surface area contributed by atoms with E-state index in [2.05, 4.69) is 5.32 Å². The van der Waals surface area contributed by atoms with Crippen LogP contribution in [0.2, 0.25) is 0 Å². The van der Waals surface area contributed by atoms with Gasteiger partial charge in [-0.1, -0.05) is 0 Å². The van der Waals surface area contributed by atoms with Gasteiger partial charge in [0.1, 0.15) is 5.82 Å². The van der Waals surface area contributed by atoms with Crippen LogP contribution in [0.1, 0.15) is 26.2 Å². The molecule has 2 aliphatic rings. The lowest BCUT2D eigenvalue weighted by atomic mass is 9.95. The van der Waals surface area contributed by atoms with Crippen molar-refractivity contribution < 1.29 is 18.8 Å². The van der Waals surface area contributed by atoms with Crippen LogP contribution >= 0.6 is 0 Å². The number of nitrogens with zero attached hydrogens (tertiary/aromatic N) is 2. The van der Waals surface area contributed by atoms with E-state index in [-0.39, 0.29) is 24.1 Å². The summed E-state index contributed by atoms with van der Waals surface area (Å²) in [6, 6.07) is 4.95. The highest BCUT2D eigenvalue weighted by atomic mass is 19.1. The number of amides is 3. The Kier molecular flexibility index (Phi) is 5.13. The summed E-state index contributed by atoms with van der Waals surface area (Å²) in [4.78, 5) is 39.2. The lowest BCUT2D eigenvalue weighted by molar-refractivity contribution is -0.123. The molecule has 0 radical (unpaired) electrons. The first kappa shape index (κ1) is 17.5. The SMILES string of the molecule is CC(=O)NCC1CCN(C2CC(=O)N(c3ccc(F)cc3)C2=O)CC1. The van der Waals surface area contributed by atoms with Crippen LogP contribution in [0.5, 0.6) is 0 Å². The van der Waals surface area contributed by atoms with Crippen molar-refractivity contribution in [2.24, 2.45) is 5.92 Å². The van der Waals surface area contributed by atoms with Gasteiger partial charge in [-0.3, -0.25) is 19.3 Å². The fourth-order valence-electron chi connectivity index (χ4n) is 3.52. The number of carbonyl (C=O) groups is 3. The maximum atomic E-state index is 13.1. The van der Waals surface area contributed by atoms with Gasteiger partial charge in [0.05, 0.1) is 18.2 Å². The zero-order chi connectivity index (χ0) is 18.0. The fraction of sp³-hybridized carbons (Fsp3) is 0.500. The monoisotopic (exact) mass is 347 g/mol. The Labute approximate surface area is 146 Å². The maximum Gasteiger partial charge on any atom is 0.251 e. The predicted octanol–water partition coefficient (Wildman–Crippen LogP) is 1.31. The third-order valence-electron chi connectivity index (χ3n) is 4.94. The summed E-state index contributed by atoms with van der Waals surface area (Å²) in [7, 11) is 0. The van der Waals surface area contributed by atoms with Crippen molar-refractivity contribution in [3.8, 4) is 0 Å². The molecule has 1 unspecified atom stereocenters. The van der Waals surface area contributed by atoms with Crippen LogP contribution in [0.4, 0.5) is 10.1 Å². The third kappa shape index (κ3) is 3.87. The third-order valence-corrected chi connectivity index (χ3v) is 4.94. The second-order valence-electron chi connectivity index (χ2n) is 6.68. The van der Waals surface area contributed by atoms with Crippen molar-refractivity contribution in [2.75, 3.05) is 24.5 Å². The largest absolute Gasteiger partial charge is 0.356 e. The van der Waals surface area contributed by atoms with Crippen LogP contribution in [0, 0.1) is 11.7 Å². The molecule has 3 amide bonds. The summed E-state index contributed by atoms with van der Waals surface area (Å²) < 4.78 is 13.1. The second kappa shape index (κ2) is 7.31. The van der Waals surface area contributed by atoms with Gasteiger partial charge in [0.25, 0.3) is 5.91 Å². The van der Waals surface area contributed by atoms with E-state index in [0.717, 1.165) is 30.8 Å². The minimum absolute atomic E-state index is 0.0334.